The number of aromatic amines is 1. The van der Waals surface area contributed by atoms with Crippen LogP contribution in [-0.4, -0.2) is 69.3 Å². The number of hydrogen-bond acceptors (Lipinski definition) is 9. The molecule has 3 aromatic rings. The van der Waals surface area contributed by atoms with Gasteiger partial charge in [-0.25, -0.2) is 19.5 Å². The molecule has 0 saturated carbocycles. The number of non-ortho nitro benzene ring substituents is 1. The molecule has 1 unspecified atom stereocenters. The van der Waals surface area contributed by atoms with Crippen LogP contribution in [-0.2, 0) is 11.8 Å². The summed E-state index contributed by atoms with van der Waals surface area (Å²) in [5.74, 6) is 1.70. The second kappa shape index (κ2) is 12.4. The fourth-order valence-electron chi connectivity index (χ4n) is 6.15. The number of rotatable bonds is 10. The van der Waals surface area contributed by atoms with E-state index in [1.165, 1.54) is 18.2 Å². The molecule has 2 fully saturated rings. The number of anilines is 1. The fraction of sp³-hybridized carbons (Fsp3) is 0.419. The Kier molecular flexibility index (Phi) is 8.28. The van der Waals surface area contributed by atoms with Crippen LogP contribution < -0.4 is 15.2 Å². The number of nitrogens with zero attached hydrogens (tertiary/aromatic N) is 6. The van der Waals surface area contributed by atoms with Gasteiger partial charge in [-0.3, -0.25) is 14.9 Å². The molecule has 0 spiro atoms. The monoisotopic (exact) mass is 587 g/mol. The first kappa shape index (κ1) is 28.7. The van der Waals surface area contributed by atoms with Crippen LogP contribution >= 0.6 is 0 Å². The van der Waals surface area contributed by atoms with Crippen molar-refractivity contribution in [1.82, 2.24) is 25.1 Å². The lowest BCUT2D eigenvalue weighted by atomic mass is 9.76. The molecule has 1 aromatic carbocycles. The zero-order valence-electron chi connectivity index (χ0n) is 23.8. The minimum Gasteiger partial charge on any atom is -0.490 e. The lowest BCUT2D eigenvalue weighted by Crippen LogP contribution is -2.53. The molecule has 43 heavy (non-hydrogen) atoms. The molecule has 0 bridgehead atoms. The SMILES string of the molecule is O=c1ccc(CC2(c3ncc(OCC4CCN(CC5CN(c6ccc([N+](=O)[O-])cc6F)C5)CC4)cn3)C=CC=CC2)n[nH]1. The van der Waals surface area contributed by atoms with Gasteiger partial charge in [0.05, 0.1) is 46.8 Å². The van der Waals surface area contributed by atoms with Crippen molar-refractivity contribution in [1.29, 1.82) is 0 Å². The topological polar surface area (TPSA) is 130 Å². The maximum atomic E-state index is 14.3. The summed E-state index contributed by atoms with van der Waals surface area (Å²) in [6, 6.07) is 7.07. The Labute approximate surface area is 248 Å². The van der Waals surface area contributed by atoms with Gasteiger partial charge in [0.1, 0.15) is 5.82 Å². The molecule has 1 atom stereocenters. The number of nitro benzene ring substituents is 1. The van der Waals surface area contributed by atoms with Crippen LogP contribution in [0.4, 0.5) is 15.8 Å². The summed E-state index contributed by atoms with van der Waals surface area (Å²) in [6.45, 7) is 5.07. The average Bonchev–Trinajstić information content (AvgIpc) is 3.00. The Morgan fingerprint density at radius 3 is 2.53 bits per heavy atom. The van der Waals surface area contributed by atoms with Gasteiger partial charge in [-0.1, -0.05) is 24.3 Å². The number of hydrogen-bond donors (Lipinski definition) is 1. The molecular weight excluding hydrogens is 553 g/mol. The van der Waals surface area contributed by atoms with E-state index in [1.807, 2.05) is 17.1 Å². The summed E-state index contributed by atoms with van der Waals surface area (Å²) in [6.07, 6.45) is 15.0. The molecule has 2 saturated heterocycles. The number of aromatic nitrogens is 4. The number of H-pyrrole nitrogens is 1. The first-order valence-corrected chi connectivity index (χ1v) is 14.6. The molecule has 0 amide bonds. The van der Waals surface area contributed by atoms with E-state index in [4.69, 9.17) is 4.74 Å². The van der Waals surface area contributed by atoms with Gasteiger partial charge < -0.3 is 14.5 Å². The number of nitro groups is 1. The highest BCUT2D eigenvalue weighted by Gasteiger charge is 2.34. The molecule has 4 heterocycles. The van der Waals surface area contributed by atoms with Gasteiger partial charge in [-0.05, 0) is 50.4 Å². The van der Waals surface area contributed by atoms with Crippen LogP contribution in [0.5, 0.6) is 5.75 Å². The van der Waals surface area contributed by atoms with E-state index in [1.54, 1.807) is 18.5 Å². The third-order valence-corrected chi connectivity index (χ3v) is 8.60. The van der Waals surface area contributed by atoms with Crippen LogP contribution in [0.3, 0.4) is 0 Å². The van der Waals surface area contributed by atoms with Crippen molar-refractivity contribution in [3.8, 4) is 5.75 Å². The van der Waals surface area contributed by atoms with E-state index in [-0.39, 0.29) is 11.2 Å². The summed E-state index contributed by atoms with van der Waals surface area (Å²) in [5, 5.41) is 17.5. The zero-order valence-corrected chi connectivity index (χ0v) is 23.8. The van der Waals surface area contributed by atoms with Gasteiger partial charge in [0.2, 0.25) is 0 Å². The van der Waals surface area contributed by atoms with Crippen molar-refractivity contribution < 1.29 is 14.1 Å². The minimum atomic E-state index is -0.579. The number of halogens is 1. The van der Waals surface area contributed by atoms with E-state index < -0.39 is 16.2 Å². The molecule has 1 aliphatic carbocycles. The first-order chi connectivity index (χ1) is 20.9. The number of allylic oxidation sites excluding steroid dienone is 4. The summed E-state index contributed by atoms with van der Waals surface area (Å²) in [7, 11) is 0. The standard InChI is InChI=1S/C31H34FN7O4/c32-27-14-25(39(41)42)5-6-28(27)38-19-23(20-38)18-37-12-8-22(9-13-37)21-43-26-16-33-30(34-17-26)31(10-2-1-3-11-31)15-24-4-7-29(40)36-35-24/h1-7,10,14,16-17,22-23H,8-9,11-13,15,18-21H2,(H,36,40). The first-order valence-electron chi connectivity index (χ1n) is 14.6. The Morgan fingerprint density at radius 1 is 1.09 bits per heavy atom. The highest BCUT2D eigenvalue weighted by Crippen LogP contribution is 2.34. The maximum absolute atomic E-state index is 14.3. The van der Waals surface area contributed by atoms with Gasteiger partial charge in [-0.2, -0.15) is 5.10 Å². The van der Waals surface area contributed by atoms with Gasteiger partial charge in [-0.15, -0.1) is 0 Å². The van der Waals surface area contributed by atoms with E-state index in [2.05, 4.69) is 37.2 Å². The molecule has 224 valence electrons. The Bertz CT molecular complexity index is 1540. The minimum absolute atomic E-state index is 0.227. The molecule has 2 aliphatic heterocycles. The van der Waals surface area contributed by atoms with Crippen LogP contribution in [0.25, 0.3) is 0 Å². The molecule has 11 nitrogen and oxygen atoms in total. The van der Waals surface area contributed by atoms with E-state index in [9.17, 15) is 19.3 Å². The predicted molar refractivity (Wildman–Crippen MR) is 159 cm³/mol. The normalized spacial score (nSPS) is 21.1. The number of ether oxygens (including phenoxy) is 1. The van der Waals surface area contributed by atoms with Crippen molar-refractivity contribution in [2.24, 2.45) is 11.8 Å². The molecule has 0 radical (unpaired) electrons. The van der Waals surface area contributed by atoms with Crippen molar-refractivity contribution in [3.63, 3.8) is 0 Å². The second-order valence-electron chi connectivity index (χ2n) is 11.7. The molecule has 12 heteroatoms. The average molecular weight is 588 g/mol. The summed E-state index contributed by atoms with van der Waals surface area (Å²) < 4.78 is 20.4. The lowest BCUT2D eigenvalue weighted by molar-refractivity contribution is -0.385. The lowest BCUT2D eigenvalue weighted by Gasteiger charge is -2.44. The summed E-state index contributed by atoms with van der Waals surface area (Å²) in [4.78, 5) is 35.5. The highest BCUT2D eigenvalue weighted by atomic mass is 19.1. The number of benzene rings is 1. The van der Waals surface area contributed by atoms with Crippen molar-refractivity contribution >= 4 is 11.4 Å². The molecular formula is C31H34FN7O4. The smallest absolute Gasteiger partial charge is 0.272 e. The van der Waals surface area contributed by atoms with Crippen LogP contribution in [0, 0.1) is 27.8 Å². The van der Waals surface area contributed by atoms with E-state index in [0.29, 0.717) is 42.1 Å². The van der Waals surface area contributed by atoms with Gasteiger partial charge in [0.15, 0.2) is 11.6 Å². The number of likely N-dealkylation sites (tertiary alicyclic amines) is 1. The van der Waals surface area contributed by atoms with Crippen LogP contribution in [0.1, 0.15) is 30.8 Å². The Hall–Kier alpha value is -4.45. The molecule has 2 aromatic heterocycles. The third kappa shape index (κ3) is 6.64. The number of piperidine rings is 1. The maximum Gasteiger partial charge on any atom is 0.272 e. The quantitative estimate of drug-likeness (QED) is 0.278. The van der Waals surface area contributed by atoms with Crippen molar-refractivity contribution in [3.05, 3.63) is 105 Å². The molecule has 3 aliphatic rings. The summed E-state index contributed by atoms with van der Waals surface area (Å²) in [5.41, 5.74) is 0.295. The fourth-order valence-corrected chi connectivity index (χ4v) is 6.15. The van der Waals surface area contributed by atoms with Gasteiger partial charge in [0, 0.05) is 44.1 Å². The predicted octanol–water partition coefficient (Wildman–Crippen LogP) is 3.83. The van der Waals surface area contributed by atoms with Crippen LogP contribution in [0.2, 0.25) is 0 Å². The Morgan fingerprint density at radius 2 is 1.88 bits per heavy atom. The second-order valence-corrected chi connectivity index (χ2v) is 11.7. The molecule has 6 rings (SSSR count). The van der Waals surface area contributed by atoms with E-state index >= 15 is 0 Å². The highest BCUT2D eigenvalue weighted by molar-refractivity contribution is 5.54. The molecule has 1 N–H and O–H groups in total. The number of nitrogens with one attached hydrogen (secondary N) is 1. The van der Waals surface area contributed by atoms with Crippen molar-refractivity contribution in [2.75, 3.05) is 44.2 Å². The van der Waals surface area contributed by atoms with Gasteiger partial charge >= 0.3 is 0 Å². The van der Waals surface area contributed by atoms with E-state index in [0.717, 1.165) is 63.7 Å². The summed E-state index contributed by atoms with van der Waals surface area (Å²) >= 11 is 0. The van der Waals surface area contributed by atoms with Crippen LogP contribution in [0.15, 0.2) is 71.8 Å². The van der Waals surface area contributed by atoms with Gasteiger partial charge in [0.25, 0.3) is 11.2 Å². The third-order valence-electron chi connectivity index (χ3n) is 8.60. The Balaban J connectivity index is 0.951. The van der Waals surface area contributed by atoms with Crippen molar-refractivity contribution in [2.45, 2.75) is 31.1 Å². The zero-order chi connectivity index (χ0) is 29.8. The largest absolute Gasteiger partial charge is 0.490 e.